The highest BCUT2D eigenvalue weighted by atomic mass is 16.3. The monoisotopic (exact) mass is 523 g/mol. The molecule has 0 fully saturated rings. The summed E-state index contributed by atoms with van der Waals surface area (Å²) in [6.07, 6.45) is -1.66. The summed E-state index contributed by atoms with van der Waals surface area (Å²) in [5.41, 5.74) is 7.51. The molecule has 0 bridgehead atoms. The lowest BCUT2D eigenvalue weighted by molar-refractivity contribution is -0.659. The minimum Gasteiger partial charge on any atom is -0.454 e. The van der Waals surface area contributed by atoms with Crippen molar-refractivity contribution < 1.29 is 14.5 Å². The van der Waals surface area contributed by atoms with E-state index >= 15 is 0 Å². The third-order valence-electron chi connectivity index (χ3n) is 7.84. The third kappa shape index (κ3) is 3.83. The number of pyridine rings is 1. The fourth-order valence-electron chi connectivity index (χ4n) is 5.99. The fraction of sp³-hybridized carbons (Fsp3) is 0.189. The number of nitriles is 1. The fourth-order valence-corrected chi connectivity index (χ4v) is 5.99. The summed E-state index contributed by atoms with van der Waals surface area (Å²) in [5.74, 6) is 0. The van der Waals surface area contributed by atoms with Crippen LogP contribution >= 0.6 is 0 Å². The zero-order chi connectivity index (χ0) is 31.2. The van der Waals surface area contributed by atoms with Crippen LogP contribution in [0.15, 0.2) is 95.5 Å². The van der Waals surface area contributed by atoms with Gasteiger partial charge in [-0.25, -0.2) is 4.57 Å². The number of fused-ring (bicyclic) bond motifs is 4. The predicted molar refractivity (Wildman–Crippen MR) is 162 cm³/mol. The molecule has 194 valence electrons. The quantitative estimate of drug-likeness (QED) is 0.218. The van der Waals surface area contributed by atoms with Crippen LogP contribution in [-0.4, -0.2) is 0 Å². The summed E-state index contributed by atoms with van der Waals surface area (Å²) in [7, 11) is 2.03. The van der Waals surface area contributed by atoms with E-state index in [1.807, 2.05) is 37.4 Å². The Hall–Kier alpha value is -4.68. The van der Waals surface area contributed by atoms with Gasteiger partial charge < -0.3 is 4.42 Å². The van der Waals surface area contributed by atoms with E-state index in [1.165, 1.54) is 0 Å². The number of rotatable bonds is 3. The Bertz CT molecular complexity index is 2190. The number of nitrogens with zero attached hydrogens (tertiary/aromatic N) is 2. The summed E-state index contributed by atoms with van der Waals surface area (Å²) >= 11 is 0. The first-order valence-electron chi connectivity index (χ1n) is 15.5. The van der Waals surface area contributed by atoms with E-state index in [9.17, 15) is 5.26 Å². The Labute approximate surface area is 240 Å². The first-order valence-corrected chi connectivity index (χ1v) is 13.5. The summed E-state index contributed by atoms with van der Waals surface area (Å²) in [6, 6.07) is 29.8. The number of hydrogen-bond donors (Lipinski definition) is 0. The SMILES string of the molecule is [2H]C1([2H])c2ccc(-c3c(C#N)ccc4c3oc3c(-c5ccc(-c6ccccc6)c[n+]5C)c(C)ccc34)cc2C([2H])([2H])C1(C)C. The first kappa shape index (κ1) is 20.3. The molecule has 0 aliphatic heterocycles. The lowest BCUT2D eigenvalue weighted by Gasteiger charge is -2.14. The van der Waals surface area contributed by atoms with Gasteiger partial charge in [-0.15, -0.1) is 0 Å². The maximum absolute atomic E-state index is 10.2. The van der Waals surface area contributed by atoms with Crippen LogP contribution in [0.4, 0.5) is 0 Å². The number of aromatic nitrogens is 1. The van der Waals surface area contributed by atoms with Gasteiger partial charge in [0.1, 0.15) is 18.2 Å². The lowest BCUT2D eigenvalue weighted by Crippen LogP contribution is -2.30. The van der Waals surface area contributed by atoms with E-state index in [4.69, 9.17) is 9.90 Å². The van der Waals surface area contributed by atoms with Gasteiger partial charge in [-0.3, -0.25) is 0 Å². The van der Waals surface area contributed by atoms with E-state index in [2.05, 4.69) is 54.1 Å². The molecule has 2 heterocycles. The van der Waals surface area contributed by atoms with Gasteiger partial charge in [0, 0.05) is 33.4 Å². The van der Waals surface area contributed by atoms with Gasteiger partial charge in [-0.1, -0.05) is 74.5 Å². The van der Waals surface area contributed by atoms with Crippen molar-refractivity contribution >= 4 is 21.9 Å². The Morgan fingerprint density at radius 2 is 1.50 bits per heavy atom. The Kier molecular flexibility index (Phi) is 4.52. The molecular formula is C37H31N2O+. The normalized spacial score (nSPS) is 18.0. The smallest absolute Gasteiger partial charge is 0.216 e. The van der Waals surface area contributed by atoms with E-state index < -0.39 is 18.2 Å². The topological polar surface area (TPSA) is 40.8 Å². The number of furan rings is 1. The van der Waals surface area contributed by atoms with Crippen molar-refractivity contribution in [3.8, 4) is 39.6 Å². The zero-order valence-corrected chi connectivity index (χ0v) is 23.0. The second-order valence-corrected chi connectivity index (χ2v) is 11.1. The standard InChI is InChI=1S/C37H31N2O/c1-23-10-15-30-31-16-13-27(21-38)34(25-11-12-26-19-37(2,3)20-29(26)18-25)36(31)40-35(30)33(23)32-17-14-28(22-39(32)4)24-8-6-5-7-9-24/h5-18,22H,19-20H2,1-4H3/q+1/i19D2,20D2. The van der Waals surface area contributed by atoms with Crippen molar-refractivity contribution in [1.82, 2.24) is 0 Å². The van der Waals surface area contributed by atoms with Gasteiger partial charge in [0.2, 0.25) is 5.69 Å². The second kappa shape index (κ2) is 8.93. The minimum absolute atomic E-state index is 0.309. The van der Waals surface area contributed by atoms with Crippen LogP contribution in [0.1, 0.15) is 41.6 Å². The minimum atomic E-state index is -1.92. The summed E-state index contributed by atoms with van der Waals surface area (Å²) < 4.78 is 44.1. The highest BCUT2D eigenvalue weighted by molar-refractivity contribution is 6.14. The van der Waals surface area contributed by atoms with Crippen molar-refractivity contribution in [2.24, 2.45) is 12.5 Å². The number of benzene rings is 4. The van der Waals surface area contributed by atoms with Gasteiger partial charge >= 0.3 is 0 Å². The average molecular weight is 524 g/mol. The summed E-state index contributed by atoms with van der Waals surface area (Å²) in [4.78, 5) is 0. The maximum Gasteiger partial charge on any atom is 0.216 e. The van der Waals surface area contributed by atoms with Gasteiger partial charge in [0.25, 0.3) is 0 Å². The molecule has 0 unspecified atom stereocenters. The van der Waals surface area contributed by atoms with Crippen molar-refractivity contribution in [3.63, 3.8) is 0 Å². The largest absolute Gasteiger partial charge is 0.454 e. The molecule has 0 spiro atoms. The van der Waals surface area contributed by atoms with Crippen LogP contribution in [0.25, 0.3) is 55.4 Å². The van der Waals surface area contributed by atoms with Crippen molar-refractivity contribution in [3.05, 3.63) is 113 Å². The van der Waals surface area contributed by atoms with Crippen molar-refractivity contribution in [1.29, 1.82) is 5.26 Å². The number of hydrogen-bond acceptors (Lipinski definition) is 2. The van der Waals surface area contributed by atoms with E-state index in [-0.39, 0.29) is 0 Å². The molecule has 3 heteroatoms. The molecule has 40 heavy (non-hydrogen) atoms. The van der Waals surface area contributed by atoms with Crippen molar-refractivity contribution in [2.45, 2.75) is 33.5 Å². The molecule has 3 nitrogen and oxygen atoms in total. The molecule has 4 aromatic carbocycles. The highest BCUT2D eigenvalue weighted by Crippen LogP contribution is 2.44. The van der Waals surface area contributed by atoms with Crippen LogP contribution in [-0.2, 0) is 19.8 Å². The summed E-state index contributed by atoms with van der Waals surface area (Å²) in [6.45, 7) is 5.32. The van der Waals surface area contributed by atoms with Crippen LogP contribution in [0, 0.1) is 23.7 Å². The molecule has 0 N–H and O–H groups in total. The van der Waals surface area contributed by atoms with Crippen LogP contribution in [0.5, 0.6) is 0 Å². The van der Waals surface area contributed by atoms with E-state index in [0.717, 1.165) is 38.7 Å². The van der Waals surface area contributed by atoms with Crippen LogP contribution in [0.3, 0.4) is 0 Å². The average Bonchev–Trinajstić information content (AvgIpc) is 3.43. The Morgan fingerprint density at radius 1 is 0.800 bits per heavy atom. The molecule has 0 saturated heterocycles. The van der Waals surface area contributed by atoms with Crippen LogP contribution in [0.2, 0.25) is 0 Å². The predicted octanol–water partition coefficient (Wildman–Crippen LogP) is 8.72. The van der Waals surface area contributed by atoms with E-state index in [0.29, 0.717) is 39.0 Å². The molecule has 1 aliphatic rings. The van der Waals surface area contributed by atoms with Gasteiger partial charge in [0.05, 0.1) is 17.2 Å². The highest BCUT2D eigenvalue weighted by Gasteiger charge is 2.29. The van der Waals surface area contributed by atoms with Crippen LogP contribution < -0.4 is 4.57 Å². The molecule has 6 aromatic rings. The molecule has 1 aliphatic carbocycles. The van der Waals surface area contributed by atoms with Gasteiger partial charge in [-0.2, -0.15) is 5.26 Å². The Balaban J connectivity index is 1.47. The summed E-state index contributed by atoms with van der Waals surface area (Å²) in [5, 5.41) is 12.0. The Morgan fingerprint density at radius 3 is 2.25 bits per heavy atom. The lowest BCUT2D eigenvalue weighted by atomic mass is 9.90. The number of aryl methyl sites for hydroxylation is 2. The molecule has 0 saturated carbocycles. The molecule has 0 amide bonds. The van der Waals surface area contributed by atoms with E-state index in [1.54, 1.807) is 38.1 Å². The molecular weight excluding hydrogens is 488 g/mol. The third-order valence-corrected chi connectivity index (χ3v) is 7.84. The molecule has 7 rings (SSSR count). The van der Waals surface area contributed by atoms with Crippen molar-refractivity contribution in [2.75, 3.05) is 0 Å². The first-order chi connectivity index (χ1) is 20.9. The van der Waals surface area contributed by atoms with Gasteiger partial charge in [-0.05, 0) is 71.1 Å². The maximum atomic E-state index is 10.2. The zero-order valence-electron chi connectivity index (χ0n) is 27.0. The second-order valence-electron chi connectivity index (χ2n) is 11.1. The molecule has 0 atom stereocenters. The van der Waals surface area contributed by atoms with Gasteiger partial charge in [0.15, 0.2) is 6.20 Å². The molecule has 2 aromatic heterocycles. The molecule has 0 radical (unpaired) electrons.